The smallest absolute Gasteiger partial charge is 0.225 e. The summed E-state index contributed by atoms with van der Waals surface area (Å²) < 4.78 is 0. The molecule has 2 rings (SSSR count). The number of nitrogens with one attached hydrogen (secondary N) is 1. The molecule has 2 unspecified atom stereocenters. The topological polar surface area (TPSA) is 58.4 Å². The highest BCUT2D eigenvalue weighted by atomic mass is 35.5. The molecule has 0 saturated heterocycles. The highest BCUT2D eigenvalue weighted by molar-refractivity contribution is 5.85. The van der Waals surface area contributed by atoms with Crippen molar-refractivity contribution >= 4 is 30.7 Å². The van der Waals surface area contributed by atoms with Gasteiger partial charge >= 0.3 is 0 Å². The Morgan fingerprint density at radius 3 is 2.21 bits per heavy atom. The van der Waals surface area contributed by atoms with Crippen molar-refractivity contribution in [2.45, 2.75) is 45.9 Å². The van der Waals surface area contributed by atoms with E-state index in [9.17, 15) is 4.79 Å². The summed E-state index contributed by atoms with van der Waals surface area (Å²) in [5.74, 6) is -0.307. The molecule has 3 N–H and O–H groups in total. The lowest BCUT2D eigenvalue weighted by Gasteiger charge is -2.21. The summed E-state index contributed by atoms with van der Waals surface area (Å²) in [7, 11) is 2.12. The monoisotopic (exact) mass is 425 g/mol. The SMILES string of the molecule is CC(C(=O)NCc1cccc(CN(C)C(C)C)c1)C(N)c1ccccc1.Cl.Cl. The van der Waals surface area contributed by atoms with Crippen LogP contribution in [0, 0.1) is 5.92 Å². The average Bonchev–Trinajstić information content (AvgIpc) is 2.65. The van der Waals surface area contributed by atoms with E-state index < -0.39 is 0 Å². The van der Waals surface area contributed by atoms with Crippen molar-refractivity contribution in [2.24, 2.45) is 11.7 Å². The molecule has 0 aromatic heterocycles. The summed E-state index contributed by atoms with van der Waals surface area (Å²) in [5.41, 5.74) is 9.59. The maximum Gasteiger partial charge on any atom is 0.225 e. The molecule has 0 aliphatic carbocycles. The van der Waals surface area contributed by atoms with E-state index in [1.165, 1.54) is 5.56 Å². The largest absolute Gasteiger partial charge is 0.352 e. The second-order valence-electron chi connectivity index (χ2n) is 7.27. The van der Waals surface area contributed by atoms with Crippen molar-refractivity contribution in [2.75, 3.05) is 7.05 Å². The number of nitrogens with zero attached hydrogens (tertiary/aromatic N) is 1. The zero-order valence-corrected chi connectivity index (χ0v) is 18.7. The Hall–Kier alpha value is -1.59. The zero-order valence-electron chi connectivity index (χ0n) is 17.1. The van der Waals surface area contributed by atoms with Gasteiger partial charge in [-0.1, -0.05) is 61.5 Å². The molecule has 0 heterocycles. The Morgan fingerprint density at radius 2 is 1.61 bits per heavy atom. The maximum absolute atomic E-state index is 12.5. The van der Waals surface area contributed by atoms with Crippen LogP contribution in [-0.2, 0) is 17.9 Å². The van der Waals surface area contributed by atoms with Gasteiger partial charge in [-0.2, -0.15) is 0 Å². The molecule has 0 bridgehead atoms. The Morgan fingerprint density at radius 1 is 1.00 bits per heavy atom. The predicted octanol–water partition coefficient (Wildman–Crippen LogP) is 4.32. The van der Waals surface area contributed by atoms with Crippen molar-refractivity contribution in [3.63, 3.8) is 0 Å². The molecule has 0 radical (unpaired) electrons. The van der Waals surface area contributed by atoms with Gasteiger partial charge in [-0.15, -0.1) is 24.8 Å². The highest BCUT2D eigenvalue weighted by Gasteiger charge is 2.21. The fourth-order valence-corrected chi connectivity index (χ4v) is 2.79. The number of halogens is 2. The molecule has 2 atom stereocenters. The van der Waals surface area contributed by atoms with Crippen LogP contribution in [0.15, 0.2) is 54.6 Å². The summed E-state index contributed by atoms with van der Waals surface area (Å²) in [4.78, 5) is 14.8. The average molecular weight is 426 g/mol. The van der Waals surface area contributed by atoms with Crippen LogP contribution in [0.1, 0.15) is 43.5 Å². The molecule has 0 spiro atoms. The summed E-state index contributed by atoms with van der Waals surface area (Å²) in [6, 6.07) is 18.3. The molecule has 28 heavy (non-hydrogen) atoms. The van der Waals surface area contributed by atoms with Crippen LogP contribution in [0.3, 0.4) is 0 Å². The van der Waals surface area contributed by atoms with Gasteiger partial charge in [-0.05, 0) is 37.6 Å². The fraction of sp³-hybridized carbons (Fsp3) is 0.409. The maximum atomic E-state index is 12.5. The predicted molar refractivity (Wildman–Crippen MR) is 122 cm³/mol. The first-order valence-electron chi connectivity index (χ1n) is 9.24. The number of nitrogens with two attached hydrogens (primary N) is 1. The normalized spacial score (nSPS) is 12.7. The highest BCUT2D eigenvalue weighted by Crippen LogP contribution is 2.19. The van der Waals surface area contributed by atoms with Gasteiger partial charge in [0.05, 0.1) is 5.92 Å². The van der Waals surface area contributed by atoms with E-state index in [1.54, 1.807) is 0 Å². The van der Waals surface area contributed by atoms with Gasteiger partial charge in [-0.25, -0.2) is 0 Å². The number of carbonyl (C=O) groups excluding carboxylic acids is 1. The van der Waals surface area contributed by atoms with Crippen molar-refractivity contribution in [1.82, 2.24) is 10.2 Å². The van der Waals surface area contributed by atoms with Crippen LogP contribution in [0.4, 0.5) is 0 Å². The van der Waals surface area contributed by atoms with E-state index in [4.69, 9.17) is 5.73 Å². The van der Waals surface area contributed by atoms with Crippen LogP contribution in [0.2, 0.25) is 0 Å². The van der Waals surface area contributed by atoms with E-state index in [1.807, 2.05) is 49.4 Å². The summed E-state index contributed by atoms with van der Waals surface area (Å²) in [6.07, 6.45) is 0. The minimum atomic E-state index is -0.303. The van der Waals surface area contributed by atoms with Crippen LogP contribution >= 0.6 is 24.8 Å². The number of hydrogen-bond donors (Lipinski definition) is 2. The number of amides is 1. The van der Waals surface area contributed by atoms with Gasteiger partial charge in [-0.3, -0.25) is 9.69 Å². The van der Waals surface area contributed by atoms with E-state index in [-0.39, 0.29) is 42.7 Å². The third kappa shape index (κ3) is 7.80. The van der Waals surface area contributed by atoms with E-state index in [0.717, 1.165) is 17.7 Å². The molecular weight excluding hydrogens is 393 g/mol. The lowest BCUT2D eigenvalue weighted by molar-refractivity contribution is -0.125. The summed E-state index contributed by atoms with van der Waals surface area (Å²) >= 11 is 0. The van der Waals surface area contributed by atoms with Crippen LogP contribution in [0.5, 0.6) is 0 Å². The first-order valence-corrected chi connectivity index (χ1v) is 9.24. The van der Waals surface area contributed by atoms with E-state index in [0.29, 0.717) is 12.6 Å². The summed E-state index contributed by atoms with van der Waals surface area (Å²) in [5, 5.41) is 3.02. The number of carbonyl (C=O) groups is 1. The Bertz CT molecular complexity index is 710. The molecule has 2 aromatic carbocycles. The molecule has 1 amide bonds. The van der Waals surface area contributed by atoms with Crippen LogP contribution in [0.25, 0.3) is 0 Å². The summed E-state index contributed by atoms with van der Waals surface area (Å²) in [6.45, 7) is 7.66. The quantitative estimate of drug-likeness (QED) is 0.661. The number of benzene rings is 2. The van der Waals surface area contributed by atoms with Gasteiger partial charge in [0.1, 0.15) is 0 Å². The lowest BCUT2D eigenvalue weighted by Crippen LogP contribution is -2.35. The van der Waals surface area contributed by atoms with Crippen LogP contribution in [-0.4, -0.2) is 23.9 Å². The molecule has 0 fully saturated rings. The van der Waals surface area contributed by atoms with Gasteiger partial charge in [0.2, 0.25) is 5.91 Å². The number of rotatable bonds is 8. The first kappa shape index (κ1) is 26.4. The van der Waals surface area contributed by atoms with Crippen LogP contribution < -0.4 is 11.1 Å². The fourth-order valence-electron chi connectivity index (χ4n) is 2.79. The van der Waals surface area contributed by atoms with Crippen molar-refractivity contribution < 1.29 is 4.79 Å². The second kappa shape index (κ2) is 12.8. The van der Waals surface area contributed by atoms with Crippen molar-refractivity contribution in [3.8, 4) is 0 Å². The minimum Gasteiger partial charge on any atom is -0.352 e. The molecule has 0 aliphatic rings. The minimum absolute atomic E-state index is 0. The van der Waals surface area contributed by atoms with Gasteiger partial charge in [0, 0.05) is 25.2 Å². The molecule has 6 heteroatoms. The molecule has 0 aliphatic heterocycles. The Labute approximate surface area is 181 Å². The molecule has 4 nitrogen and oxygen atoms in total. The molecule has 156 valence electrons. The van der Waals surface area contributed by atoms with Crippen molar-refractivity contribution in [3.05, 3.63) is 71.3 Å². The zero-order chi connectivity index (χ0) is 19.1. The Balaban J connectivity index is 0.00000364. The van der Waals surface area contributed by atoms with Gasteiger partial charge in [0.25, 0.3) is 0 Å². The molecule has 2 aromatic rings. The lowest BCUT2D eigenvalue weighted by atomic mass is 9.94. The number of hydrogen-bond acceptors (Lipinski definition) is 3. The van der Waals surface area contributed by atoms with E-state index >= 15 is 0 Å². The third-order valence-electron chi connectivity index (χ3n) is 4.91. The van der Waals surface area contributed by atoms with Gasteiger partial charge in [0.15, 0.2) is 0 Å². The molecule has 0 saturated carbocycles. The second-order valence-corrected chi connectivity index (χ2v) is 7.27. The standard InChI is InChI=1S/C22H31N3O.2ClH/c1-16(2)25(4)15-19-10-8-9-18(13-19)14-24-22(26)17(3)21(23)20-11-6-5-7-12-20;;/h5-13,16-17,21H,14-15,23H2,1-4H3,(H,24,26);2*1H. The Kier molecular flexibility index (Phi) is 12.1. The third-order valence-corrected chi connectivity index (χ3v) is 4.91. The first-order chi connectivity index (χ1) is 12.4. The van der Waals surface area contributed by atoms with Gasteiger partial charge < -0.3 is 11.1 Å². The van der Waals surface area contributed by atoms with Crippen molar-refractivity contribution in [1.29, 1.82) is 0 Å². The molecular formula is C22H33Cl2N3O. The van der Waals surface area contributed by atoms with E-state index in [2.05, 4.69) is 43.2 Å².